The zero-order valence-corrected chi connectivity index (χ0v) is 18.1. The number of nitrogens with one attached hydrogen (secondary N) is 2. The van der Waals surface area contributed by atoms with Crippen molar-refractivity contribution in [1.29, 1.82) is 0 Å². The molecule has 1 aliphatic rings. The number of carbonyl (C=O) groups excluding carboxylic acids is 2. The summed E-state index contributed by atoms with van der Waals surface area (Å²) in [5.74, 6) is -0.225. The molecule has 0 radical (unpaired) electrons. The average molecular weight is 445 g/mol. The number of nitrogens with zero attached hydrogens (tertiary/aromatic N) is 6. The minimum absolute atomic E-state index is 0.181. The predicted molar refractivity (Wildman–Crippen MR) is 115 cm³/mol. The Morgan fingerprint density at radius 1 is 1.20 bits per heavy atom. The number of amides is 2. The number of likely N-dealkylation sites (N-methyl/N-ethyl adjacent to an activating group) is 1. The maximum absolute atomic E-state index is 12.5. The number of aryl methyl sites for hydroxylation is 1. The van der Waals surface area contributed by atoms with Gasteiger partial charge in [0, 0.05) is 42.7 Å². The molecular weight excluding hydrogens is 424 g/mol. The van der Waals surface area contributed by atoms with Gasteiger partial charge < -0.3 is 10.2 Å². The van der Waals surface area contributed by atoms with Crippen molar-refractivity contribution in [2.45, 2.75) is 18.1 Å². The van der Waals surface area contributed by atoms with Crippen LogP contribution in [0.4, 0.5) is 10.8 Å². The molecule has 3 aromatic rings. The lowest BCUT2D eigenvalue weighted by Gasteiger charge is -2.20. The van der Waals surface area contributed by atoms with Crippen LogP contribution in [0.5, 0.6) is 0 Å². The van der Waals surface area contributed by atoms with Gasteiger partial charge in [-0.2, -0.15) is 0 Å². The molecule has 0 aliphatic carbocycles. The maximum Gasteiger partial charge on any atom is 0.257 e. The molecule has 0 spiro atoms. The molecule has 3 heterocycles. The van der Waals surface area contributed by atoms with E-state index in [9.17, 15) is 9.59 Å². The van der Waals surface area contributed by atoms with E-state index in [0.717, 1.165) is 25.2 Å². The minimum Gasteiger partial charge on any atom is -0.325 e. The monoisotopic (exact) mass is 444 g/mol. The summed E-state index contributed by atoms with van der Waals surface area (Å²) < 4.78 is 1.50. The topological polar surface area (TPSA) is 118 Å². The molecule has 30 heavy (non-hydrogen) atoms. The van der Waals surface area contributed by atoms with Crippen LogP contribution in [0.15, 0.2) is 29.4 Å². The van der Waals surface area contributed by atoms with E-state index in [1.807, 2.05) is 0 Å². The molecule has 4 rings (SSSR count). The summed E-state index contributed by atoms with van der Waals surface area (Å²) in [5.41, 5.74) is 2.18. The Hall–Kier alpha value is -2.83. The van der Waals surface area contributed by atoms with Crippen molar-refractivity contribution < 1.29 is 9.59 Å². The van der Waals surface area contributed by atoms with Gasteiger partial charge in [-0.25, -0.2) is 9.67 Å². The van der Waals surface area contributed by atoms with Crippen LogP contribution in [0.25, 0.3) is 0 Å². The first-order chi connectivity index (χ1) is 14.5. The Kier molecular flexibility index (Phi) is 6.06. The number of fused-ring (bicyclic) bond motifs is 1. The van der Waals surface area contributed by atoms with E-state index in [-0.39, 0.29) is 17.6 Å². The molecule has 0 atom stereocenters. The second-order valence-corrected chi connectivity index (χ2v) is 8.86. The largest absolute Gasteiger partial charge is 0.325 e. The van der Waals surface area contributed by atoms with Crippen LogP contribution in [0.3, 0.4) is 0 Å². The van der Waals surface area contributed by atoms with Gasteiger partial charge in [-0.15, -0.1) is 16.4 Å². The normalized spacial score (nSPS) is 13.7. The smallest absolute Gasteiger partial charge is 0.257 e. The molecule has 1 aromatic carbocycles. The van der Waals surface area contributed by atoms with Gasteiger partial charge in [0.2, 0.25) is 11.1 Å². The van der Waals surface area contributed by atoms with Gasteiger partial charge in [0.05, 0.1) is 11.4 Å². The Morgan fingerprint density at radius 3 is 2.73 bits per heavy atom. The van der Waals surface area contributed by atoms with E-state index in [2.05, 4.69) is 43.1 Å². The number of benzene rings is 1. The highest BCUT2D eigenvalue weighted by molar-refractivity contribution is 7.99. The van der Waals surface area contributed by atoms with Crippen molar-refractivity contribution in [1.82, 2.24) is 30.1 Å². The summed E-state index contributed by atoms with van der Waals surface area (Å²) in [6.07, 6.45) is 0.901. The Labute approximate surface area is 181 Å². The van der Waals surface area contributed by atoms with Crippen molar-refractivity contribution in [3.8, 4) is 0 Å². The van der Waals surface area contributed by atoms with E-state index in [1.54, 1.807) is 31.3 Å². The van der Waals surface area contributed by atoms with Crippen molar-refractivity contribution in [2.24, 2.45) is 7.05 Å². The number of thioether (sulfide) groups is 1. The zero-order valence-electron chi connectivity index (χ0n) is 16.5. The van der Waals surface area contributed by atoms with E-state index < -0.39 is 0 Å². The molecule has 0 saturated carbocycles. The summed E-state index contributed by atoms with van der Waals surface area (Å²) in [6, 6.07) is 6.74. The molecule has 12 heteroatoms. The molecule has 10 nitrogen and oxygen atoms in total. The lowest BCUT2D eigenvalue weighted by atomic mass is 10.2. The van der Waals surface area contributed by atoms with Crippen LogP contribution in [0.1, 0.15) is 20.9 Å². The number of hydrogen-bond donors (Lipinski definition) is 2. The Bertz CT molecular complexity index is 1060. The van der Waals surface area contributed by atoms with E-state index in [4.69, 9.17) is 0 Å². The number of thiazole rings is 1. The third-order valence-electron chi connectivity index (χ3n) is 4.49. The van der Waals surface area contributed by atoms with Crippen molar-refractivity contribution in [3.05, 3.63) is 40.4 Å². The summed E-state index contributed by atoms with van der Waals surface area (Å²) in [7, 11) is 3.79. The third-order valence-corrected chi connectivity index (χ3v) is 6.50. The molecule has 1 aliphatic heterocycles. The number of hydrogen-bond acceptors (Lipinski definition) is 9. The fourth-order valence-electron chi connectivity index (χ4n) is 2.92. The molecule has 2 aromatic heterocycles. The van der Waals surface area contributed by atoms with Crippen molar-refractivity contribution in [2.75, 3.05) is 30.0 Å². The lowest BCUT2D eigenvalue weighted by Crippen LogP contribution is -2.25. The first-order valence-electron chi connectivity index (χ1n) is 9.21. The van der Waals surface area contributed by atoms with E-state index in [1.165, 1.54) is 32.7 Å². The molecule has 0 unspecified atom stereocenters. The molecule has 0 fully saturated rings. The molecule has 0 saturated heterocycles. The highest BCUT2D eigenvalue weighted by Crippen LogP contribution is 2.28. The average Bonchev–Trinajstić information content (AvgIpc) is 3.31. The summed E-state index contributed by atoms with van der Waals surface area (Å²) >= 11 is 2.76. The van der Waals surface area contributed by atoms with Gasteiger partial charge >= 0.3 is 0 Å². The fourth-order valence-corrected chi connectivity index (χ4v) is 4.65. The van der Waals surface area contributed by atoms with Crippen molar-refractivity contribution in [3.63, 3.8) is 0 Å². The second kappa shape index (κ2) is 8.90. The number of tetrazole rings is 1. The van der Waals surface area contributed by atoms with Gasteiger partial charge in [-0.05, 0) is 41.7 Å². The molecule has 2 amide bonds. The molecule has 2 N–H and O–H groups in total. The van der Waals surface area contributed by atoms with Gasteiger partial charge in [0.15, 0.2) is 5.13 Å². The Balaban J connectivity index is 1.31. The number of rotatable bonds is 6. The number of anilines is 2. The van der Waals surface area contributed by atoms with Gasteiger partial charge in [0.25, 0.3) is 5.91 Å². The summed E-state index contributed by atoms with van der Waals surface area (Å²) in [6.45, 7) is 1.84. The highest BCUT2D eigenvalue weighted by Gasteiger charge is 2.19. The number of carbonyl (C=O) groups is 2. The van der Waals surface area contributed by atoms with Gasteiger partial charge in [-0.3, -0.25) is 14.9 Å². The SMILES string of the molecule is CN1CCc2nc(NC(=O)c3ccc(NC(=O)CSc4nnnn4C)cc3)sc2C1. The van der Waals surface area contributed by atoms with E-state index >= 15 is 0 Å². The summed E-state index contributed by atoms with van der Waals surface area (Å²) in [4.78, 5) is 32.6. The standard InChI is InChI=1S/C18H20N8O2S2/c1-25-8-7-13-14(9-25)30-17(20-13)21-16(28)11-3-5-12(6-4-11)19-15(27)10-29-18-22-23-24-26(18)2/h3-6H,7-10H2,1-2H3,(H,19,27)(H,20,21,28). The lowest BCUT2D eigenvalue weighted by molar-refractivity contribution is -0.113. The number of aromatic nitrogens is 5. The molecular formula is C18H20N8O2S2. The highest BCUT2D eigenvalue weighted by atomic mass is 32.2. The van der Waals surface area contributed by atoms with Crippen LogP contribution < -0.4 is 10.6 Å². The molecule has 0 bridgehead atoms. The van der Waals surface area contributed by atoms with Crippen LogP contribution in [-0.4, -0.2) is 61.3 Å². The van der Waals surface area contributed by atoms with Crippen LogP contribution in [0.2, 0.25) is 0 Å². The van der Waals surface area contributed by atoms with Gasteiger partial charge in [0.1, 0.15) is 0 Å². The predicted octanol–water partition coefficient (Wildman–Crippen LogP) is 1.64. The maximum atomic E-state index is 12.5. The zero-order chi connectivity index (χ0) is 21.1. The Morgan fingerprint density at radius 2 is 2.00 bits per heavy atom. The minimum atomic E-state index is -0.224. The first-order valence-corrected chi connectivity index (χ1v) is 11.0. The van der Waals surface area contributed by atoms with E-state index in [0.29, 0.717) is 21.5 Å². The summed E-state index contributed by atoms with van der Waals surface area (Å²) in [5, 5.41) is 17.9. The van der Waals surface area contributed by atoms with Crippen LogP contribution in [-0.2, 0) is 24.8 Å². The third kappa shape index (κ3) is 4.83. The van der Waals surface area contributed by atoms with Gasteiger partial charge in [-0.1, -0.05) is 11.8 Å². The second-order valence-electron chi connectivity index (χ2n) is 6.83. The van der Waals surface area contributed by atoms with Crippen LogP contribution >= 0.6 is 23.1 Å². The fraction of sp³-hybridized carbons (Fsp3) is 0.333. The van der Waals surface area contributed by atoms with Crippen molar-refractivity contribution >= 4 is 45.7 Å². The quantitative estimate of drug-likeness (QED) is 0.551. The first kappa shape index (κ1) is 20.4. The molecule has 156 valence electrons. The van der Waals surface area contributed by atoms with Crippen LogP contribution in [0, 0.1) is 0 Å².